The highest BCUT2D eigenvalue weighted by Crippen LogP contribution is 2.28. The van der Waals surface area contributed by atoms with E-state index in [0.717, 1.165) is 35.0 Å². The third kappa shape index (κ3) is 4.39. The van der Waals surface area contributed by atoms with Gasteiger partial charge >= 0.3 is 0 Å². The maximum Gasteiger partial charge on any atom is 0.239 e. The molecule has 0 aromatic heterocycles. The molecule has 0 bridgehead atoms. The summed E-state index contributed by atoms with van der Waals surface area (Å²) in [6, 6.07) is 9.50. The Balaban J connectivity index is 1.36. The van der Waals surface area contributed by atoms with E-state index in [9.17, 15) is 18.4 Å². The molecule has 1 saturated heterocycles. The molecule has 1 aliphatic carbocycles. The van der Waals surface area contributed by atoms with Crippen molar-refractivity contribution in [3.8, 4) is 0 Å². The lowest BCUT2D eigenvalue weighted by molar-refractivity contribution is -0.132. The Hall–Kier alpha value is -2.96. The summed E-state index contributed by atoms with van der Waals surface area (Å²) in [4.78, 5) is 26.4. The molecule has 1 atom stereocenters. The van der Waals surface area contributed by atoms with Crippen LogP contribution < -0.4 is 15.5 Å². The molecule has 152 valence electrons. The fourth-order valence-corrected chi connectivity index (χ4v) is 3.63. The van der Waals surface area contributed by atoms with Gasteiger partial charge in [0.25, 0.3) is 0 Å². The normalized spacial score (nSPS) is 18.8. The Labute approximate surface area is 168 Å². The minimum atomic E-state index is -0.849. The van der Waals surface area contributed by atoms with Crippen molar-refractivity contribution >= 4 is 23.2 Å². The summed E-state index contributed by atoms with van der Waals surface area (Å²) in [5.41, 5.74) is 3.30. The summed E-state index contributed by atoms with van der Waals surface area (Å²) in [5, 5.41) is 6.28. The summed E-state index contributed by atoms with van der Waals surface area (Å²) in [6.45, 7) is 2.59. The molecular formula is C22H23F2N3O2. The van der Waals surface area contributed by atoms with Gasteiger partial charge in [0.15, 0.2) is 0 Å². The highest BCUT2D eigenvalue weighted by atomic mass is 19.1. The zero-order valence-corrected chi connectivity index (χ0v) is 16.2. The summed E-state index contributed by atoms with van der Waals surface area (Å²) < 4.78 is 26.9. The third-order valence-electron chi connectivity index (χ3n) is 5.38. The van der Waals surface area contributed by atoms with Crippen LogP contribution in [-0.4, -0.2) is 24.4 Å². The van der Waals surface area contributed by atoms with E-state index < -0.39 is 23.5 Å². The predicted octanol–water partition coefficient (Wildman–Crippen LogP) is 3.52. The number of anilines is 2. The smallest absolute Gasteiger partial charge is 0.239 e. The first kappa shape index (κ1) is 19.4. The Morgan fingerprint density at radius 2 is 1.83 bits per heavy atom. The largest absolute Gasteiger partial charge is 0.382 e. The Bertz CT molecular complexity index is 939. The number of halogens is 2. The van der Waals surface area contributed by atoms with Gasteiger partial charge in [0.1, 0.15) is 17.6 Å². The van der Waals surface area contributed by atoms with Gasteiger partial charge in [0.2, 0.25) is 11.8 Å². The summed E-state index contributed by atoms with van der Waals surface area (Å²) in [5.74, 6) is -3.16. The van der Waals surface area contributed by atoms with Gasteiger partial charge in [0, 0.05) is 36.6 Å². The van der Waals surface area contributed by atoms with Crippen molar-refractivity contribution in [2.24, 2.45) is 5.92 Å². The molecule has 2 aromatic carbocycles. The van der Waals surface area contributed by atoms with Gasteiger partial charge in [0.05, 0.1) is 0 Å². The second-order valence-electron chi connectivity index (χ2n) is 7.74. The van der Waals surface area contributed by atoms with Crippen LogP contribution in [0.2, 0.25) is 0 Å². The van der Waals surface area contributed by atoms with Crippen LogP contribution >= 0.6 is 0 Å². The van der Waals surface area contributed by atoms with E-state index in [4.69, 9.17) is 0 Å². The molecule has 7 heteroatoms. The molecule has 2 aromatic rings. The van der Waals surface area contributed by atoms with E-state index in [1.807, 2.05) is 25.1 Å². The second kappa shape index (κ2) is 7.81. The van der Waals surface area contributed by atoms with Gasteiger partial charge in [-0.15, -0.1) is 0 Å². The first-order valence-corrected chi connectivity index (χ1v) is 9.82. The van der Waals surface area contributed by atoms with Crippen LogP contribution in [0.25, 0.3) is 0 Å². The van der Waals surface area contributed by atoms with Crippen LogP contribution in [-0.2, 0) is 16.1 Å². The maximum atomic E-state index is 13.4. The van der Waals surface area contributed by atoms with E-state index in [1.165, 1.54) is 17.7 Å². The molecule has 5 nitrogen and oxygen atoms in total. The molecule has 1 saturated carbocycles. The minimum absolute atomic E-state index is 0.136. The first-order valence-electron chi connectivity index (χ1n) is 9.82. The lowest BCUT2D eigenvalue weighted by Gasteiger charge is -2.17. The number of carbonyl (C=O) groups excluding carboxylic acids is 2. The number of hydrogen-bond acceptors (Lipinski definition) is 3. The van der Waals surface area contributed by atoms with Gasteiger partial charge in [-0.25, -0.2) is 8.78 Å². The summed E-state index contributed by atoms with van der Waals surface area (Å²) >= 11 is 0. The van der Waals surface area contributed by atoms with Gasteiger partial charge in [-0.1, -0.05) is 12.1 Å². The molecule has 2 fully saturated rings. The van der Waals surface area contributed by atoms with Crippen molar-refractivity contribution in [2.45, 2.75) is 38.8 Å². The number of nitrogens with zero attached hydrogens (tertiary/aromatic N) is 1. The Kier molecular flexibility index (Phi) is 5.22. The van der Waals surface area contributed by atoms with Crippen molar-refractivity contribution in [1.29, 1.82) is 0 Å². The highest BCUT2D eigenvalue weighted by molar-refractivity contribution is 6.09. The molecule has 0 radical (unpaired) electrons. The number of amides is 2. The Morgan fingerprint density at radius 3 is 2.48 bits per heavy atom. The summed E-state index contributed by atoms with van der Waals surface area (Å²) in [7, 11) is 0. The van der Waals surface area contributed by atoms with Crippen LogP contribution in [0, 0.1) is 24.5 Å². The number of nitrogens with one attached hydrogen (secondary N) is 2. The van der Waals surface area contributed by atoms with Crippen molar-refractivity contribution < 1.29 is 18.4 Å². The average molecular weight is 399 g/mol. The van der Waals surface area contributed by atoms with E-state index >= 15 is 0 Å². The number of rotatable bonds is 6. The molecule has 29 heavy (non-hydrogen) atoms. The second-order valence-corrected chi connectivity index (χ2v) is 7.74. The van der Waals surface area contributed by atoms with Crippen molar-refractivity contribution in [3.05, 3.63) is 59.2 Å². The SMILES string of the molecule is Cc1cc(CNC(=O)C2CCN(c3cc(F)cc(F)c3)C2=O)ccc1NC1CC1. The fraction of sp³-hybridized carbons (Fsp3) is 0.364. The number of benzene rings is 2. The third-order valence-corrected chi connectivity index (χ3v) is 5.38. The van der Waals surface area contributed by atoms with Crippen LogP contribution in [0.3, 0.4) is 0 Å². The Morgan fingerprint density at radius 1 is 1.10 bits per heavy atom. The molecule has 0 spiro atoms. The van der Waals surface area contributed by atoms with Crippen LogP contribution in [0.15, 0.2) is 36.4 Å². The highest BCUT2D eigenvalue weighted by Gasteiger charge is 2.37. The lowest BCUT2D eigenvalue weighted by atomic mass is 10.1. The van der Waals surface area contributed by atoms with E-state index in [1.54, 1.807) is 0 Å². The lowest BCUT2D eigenvalue weighted by Crippen LogP contribution is -2.36. The zero-order valence-electron chi connectivity index (χ0n) is 16.2. The minimum Gasteiger partial charge on any atom is -0.382 e. The van der Waals surface area contributed by atoms with Gasteiger partial charge in [-0.2, -0.15) is 0 Å². The average Bonchev–Trinajstić information content (AvgIpc) is 3.40. The fourth-order valence-electron chi connectivity index (χ4n) is 3.63. The number of aryl methyl sites for hydroxylation is 1. The van der Waals surface area contributed by atoms with Crippen LogP contribution in [0.5, 0.6) is 0 Å². The topological polar surface area (TPSA) is 61.4 Å². The van der Waals surface area contributed by atoms with Gasteiger partial charge in [-0.3, -0.25) is 9.59 Å². The van der Waals surface area contributed by atoms with Crippen LogP contribution in [0.1, 0.15) is 30.4 Å². The van der Waals surface area contributed by atoms with Crippen molar-refractivity contribution in [1.82, 2.24) is 5.32 Å². The molecule has 2 amide bonds. The van der Waals surface area contributed by atoms with Gasteiger partial charge in [-0.05, 0) is 55.5 Å². The van der Waals surface area contributed by atoms with E-state index in [0.29, 0.717) is 19.0 Å². The molecular weight excluding hydrogens is 376 g/mol. The number of carbonyl (C=O) groups is 2. The number of hydrogen-bond donors (Lipinski definition) is 2. The van der Waals surface area contributed by atoms with Crippen molar-refractivity contribution in [2.75, 3.05) is 16.8 Å². The standard InChI is InChI=1S/C22H23F2N3O2/c1-13-8-14(2-5-20(13)26-17-3-4-17)12-25-21(28)19-6-7-27(22(19)29)18-10-15(23)9-16(24)11-18/h2,5,8-11,17,19,26H,3-4,6-7,12H2,1H3,(H,25,28). The van der Waals surface area contributed by atoms with Crippen molar-refractivity contribution in [3.63, 3.8) is 0 Å². The molecule has 1 unspecified atom stereocenters. The molecule has 2 N–H and O–H groups in total. The molecule has 2 aliphatic rings. The zero-order chi connectivity index (χ0) is 20.5. The van der Waals surface area contributed by atoms with Gasteiger partial charge < -0.3 is 15.5 Å². The monoisotopic (exact) mass is 399 g/mol. The molecule has 1 aliphatic heterocycles. The summed E-state index contributed by atoms with van der Waals surface area (Å²) in [6.07, 6.45) is 2.71. The first-order chi connectivity index (χ1) is 13.9. The molecule has 1 heterocycles. The van der Waals surface area contributed by atoms with E-state index in [-0.39, 0.29) is 18.1 Å². The van der Waals surface area contributed by atoms with Crippen LogP contribution in [0.4, 0.5) is 20.2 Å². The predicted molar refractivity (Wildman–Crippen MR) is 106 cm³/mol. The molecule has 4 rings (SSSR count). The quantitative estimate of drug-likeness (QED) is 0.731. The van der Waals surface area contributed by atoms with E-state index in [2.05, 4.69) is 10.6 Å². The maximum absolute atomic E-state index is 13.4.